The molecule has 10 nitrogen and oxygen atoms in total. The first-order chi connectivity index (χ1) is 12.2. The molecular weight excluding hydrogens is 322 g/mol. The fraction of sp³-hybridized carbons (Fsp3) is 0.467. The SMILES string of the molecule is Cn1nnc2c(N3CC4CCC(C3)N4C(=O)c3ccn[nH]3)ncnc21. The third-order valence-corrected chi connectivity index (χ3v) is 5.12. The van der Waals surface area contributed by atoms with Gasteiger partial charge in [-0.05, 0) is 18.9 Å². The predicted molar refractivity (Wildman–Crippen MR) is 87.9 cm³/mol. The van der Waals surface area contributed by atoms with Gasteiger partial charge in [-0.2, -0.15) is 5.10 Å². The summed E-state index contributed by atoms with van der Waals surface area (Å²) >= 11 is 0. The van der Waals surface area contributed by atoms with Crippen LogP contribution in [0.15, 0.2) is 18.6 Å². The molecule has 0 spiro atoms. The molecule has 2 atom stereocenters. The standard InChI is InChI=1S/C15H17N9O/c1-22-13-12(20-21-22)14(17-8-16-13)23-6-9-2-3-10(7-23)24(9)15(25)11-4-5-18-19-11/h4-5,8-10H,2-3,6-7H2,1H3,(H,18,19). The lowest BCUT2D eigenvalue weighted by molar-refractivity contribution is 0.0635. The van der Waals surface area contributed by atoms with Gasteiger partial charge in [-0.15, -0.1) is 5.10 Å². The van der Waals surface area contributed by atoms with Gasteiger partial charge in [-0.1, -0.05) is 5.21 Å². The maximum Gasteiger partial charge on any atom is 0.272 e. The van der Waals surface area contributed by atoms with Gasteiger partial charge in [-0.3, -0.25) is 9.89 Å². The van der Waals surface area contributed by atoms with Crippen molar-refractivity contribution in [1.82, 2.24) is 40.1 Å². The first-order valence-corrected chi connectivity index (χ1v) is 8.30. The summed E-state index contributed by atoms with van der Waals surface area (Å²) in [6.45, 7) is 1.47. The van der Waals surface area contributed by atoms with Gasteiger partial charge >= 0.3 is 0 Å². The molecule has 2 bridgehead atoms. The zero-order valence-electron chi connectivity index (χ0n) is 13.7. The minimum atomic E-state index is 0.0250. The molecule has 0 saturated carbocycles. The van der Waals surface area contributed by atoms with E-state index in [9.17, 15) is 4.79 Å². The minimum Gasteiger partial charge on any atom is -0.350 e. The number of nitrogens with zero attached hydrogens (tertiary/aromatic N) is 8. The Morgan fingerprint density at radius 2 is 2.04 bits per heavy atom. The van der Waals surface area contributed by atoms with Crippen molar-refractivity contribution < 1.29 is 4.79 Å². The van der Waals surface area contributed by atoms with Crippen LogP contribution < -0.4 is 4.90 Å². The van der Waals surface area contributed by atoms with Crippen LogP contribution in [0.5, 0.6) is 0 Å². The van der Waals surface area contributed by atoms with Crippen LogP contribution in [0.1, 0.15) is 23.3 Å². The van der Waals surface area contributed by atoms with Gasteiger partial charge in [-0.25, -0.2) is 14.6 Å². The Balaban J connectivity index is 1.45. The third-order valence-electron chi connectivity index (χ3n) is 5.12. The second-order valence-electron chi connectivity index (χ2n) is 6.56. The Morgan fingerprint density at radius 1 is 1.24 bits per heavy atom. The highest BCUT2D eigenvalue weighted by molar-refractivity contribution is 5.93. The van der Waals surface area contributed by atoms with E-state index in [1.165, 1.54) is 0 Å². The molecule has 1 N–H and O–H groups in total. The number of H-pyrrole nitrogens is 1. The van der Waals surface area contributed by atoms with Crippen LogP contribution in [0.3, 0.4) is 0 Å². The maximum atomic E-state index is 12.8. The maximum absolute atomic E-state index is 12.8. The molecule has 0 radical (unpaired) electrons. The molecule has 3 aromatic heterocycles. The number of hydrogen-bond donors (Lipinski definition) is 1. The predicted octanol–water partition coefficient (Wildman–Crippen LogP) is -0.0252. The van der Waals surface area contributed by atoms with Gasteiger partial charge < -0.3 is 9.80 Å². The van der Waals surface area contributed by atoms with Crippen LogP contribution in [0.2, 0.25) is 0 Å². The average Bonchev–Trinajstić information content (AvgIpc) is 3.34. The molecule has 2 fully saturated rings. The Kier molecular flexibility index (Phi) is 2.99. The van der Waals surface area contributed by atoms with E-state index in [1.54, 1.807) is 23.3 Å². The number of aromatic nitrogens is 7. The number of fused-ring (bicyclic) bond motifs is 3. The number of rotatable bonds is 2. The number of amides is 1. The van der Waals surface area contributed by atoms with E-state index in [0.29, 0.717) is 16.9 Å². The van der Waals surface area contributed by atoms with Gasteiger partial charge in [0.15, 0.2) is 17.0 Å². The summed E-state index contributed by atoms with van der Waals surface area (Å²) in [5.74, 6) is 0.820. The highest BCUT2D eigenvalue weighted by Crippen LogP contribution is 2.34. The summed E-state index contributed by atoms with van der Waals surface area (Å²) in [6, 6.07) is 2.05. The van der Waals surface area contributed by atoms with Crippen molar-refractivity contribution >= 4 is 22.9 Å². The van der Waals surface area contributed by atoms with E-state index in [2.05, 4.69) is 35.4 Å². The van der Waals surface area contributed by atoms with Crippen LogP contribution in [0.25, 0.3) is 11.2 Å². The molecule has 2 unspecified atom stereocenters. The topological polar surface area (TPSA) is 109 Å². The fourth-order valence-electron chi connectivity index (χ4n) is 3.99. The second kappa shape index (κ2) is 5.23. The molecular formula is C15H17N9O. The van der Waals surface area contributed by atoms with Crippen molar-refractivity contribution in [2.45, 2.75) is 24.9 Å². The van der Waals surface area contributed by atoms with Gasteiger partial charge in [0.05, 0.1) is 12.1 Å². The molecule has 3 aromatic rings. The van der Waals surface area contributed by atoms with E-state index in [-0.39, 0.29) is 18.0 Å². The first kappa shape index (κ1) is 14.3. The molecule has 10 heteroatoms. The Bertz CT molecular complexity index is 920. The summed E-state index contributed by atoms with van der Waals surface area (Å²) in [5, 5.41) is 14.9. The molecule has 25 heavy (non-hydrogen) atoms. The highest BCUT2D eigenvalue weighted by atomic mass is 16.2. The summed E-state index contributed by atoms with van der Waals surface area (Å²) in [5.41, 5.74) is 1.97. The fourth-order valence-corrected chi connectivity index (χ4v) is 3.99. The average molecular weight is 339 g/mol. The lowest BCUT2D eigenvalue weighted by Crippen LogP contribution is -2.56. The molecule has 0 aromatic carbocycles. The summed E-state index contributed by atoms with van der Waals surface area (Å²) < 4.78 is 1.65. The van der Waals surface area contributed by atoms with Crippen LogP contribution in [0.4, 0.5) is 5.82 Å². The van der Waals surface area contributed by atoms with Crippen LogP contribution in [-0.4, -0.2) is 71.1 Å². The Hall–Kier alpha value is -3.04. The molecule has 2 aliphatic heterocycles. The molecule has 5 heterocycles. The minimum absolute atomic E-state index is 0.0250. The summed E-state index contributed by atoms with van der Waals surface area (Å²) in [7, 11) is 1.82. The largest absolute Gasteiger partial charge is 0.350 e. The smallest absolute Gasteiger partial charge is 0.272 e. The van der Waals surface area contributed by atoms with Crippen molar-refractivity contribution in [3.05, 3.63) is 24.3 Å². The van der Waals surface area contributed by atoms with E-state index >= 15 is 0 Å². The number of aryl methyl sites for hydroxylation is 1. The van der Waals surface area contributed by atoms with Crippen molar-refractivity contribution in [3.63, 3.8) is 0 Å². The van der Waals surface area contributed by atoms with Gasteiger partial charge in [0.2, 0.25) is 0 Å². The van der Waals surface area contributed by atoms with Crippen molar-refractivity contribution in [2.24, 2.45) is 7.05 Å². The molecule has 0 aliphatic carbocycles. The molecule has 128 valence electrons. The number of nitrogens with one attached hydrogen (secondary N) is 1. The Labute approximate surface area is 142 Å². The number of carbonyl (C=O) groups is 1. The Morgan fingerprint density at radius 3 is 2.76 bits per heavy atom. The zero-order chi connectivity index (χ0) is 17.0. The van der Waals surface area contributed by atoms with Gasteiger partial charge in [0, 0.05) is 26.3 Å². The quantitative estimate of drug-likeness (QED) is 0.698. The molecule has 2 aliphatic rings. The van der Waals surface area contributed by atoms with E-state index in [4.69, 9.17) is 0 Å². The first-order valence-electron chi connectivity index (χ1n) is 8.30. The molecule has 5 rings (SSSR count). The lowest BCUT2D eigenvalue weighted by atomic mass is 10.1. The monoisotopic (exact) mass is 339 g/mol. The molecule has 1 amide bonds. The van der Waals surface area contributed by atoms with E-state index in [1.807, 2.05) is 11.9 Å². The number of anilines is 1. The van der Waals surface area contributed by atoms with Gasteiger partial charge in [0.1, 0.15) is 12.0 Å². The van der Waals surface area contributed by atoms with Crippen molar-refractivity contribution in [1.29, 1.82) is 0 Å². The van der Waals surface area contributed by atoms with E-state index < -0.39 is 0 Å². The lowest BCUT2D eigenvalue weighted by Gasteiger charge is -2.41. The van der Waals surface area contributed by atoms with Gasteiger partial charge in [0.25, 0.3) is 5.91 Å². The zero-order valence-corrected chi connectivity index (χ0v) is 13.7. The number of piperazine rings is 1. The number of aromatic amines is 1. The van der Waals surface area contributed by atoms with Crippen LogP contribution >= 0.6 is 0 Å². The second-order valence-corrected chi connectivity index (χ2v) is 6.56. The third kappa shape index (κ3) is 2.10. The highest BCUT2D eigenvalue weighted by Gasteiger charge is 2.43. The number of carbonyl (C=O) groups excluding carboxylic acids is 1. The van der Waals surface area contributed by atoms with Crippen molar-refractivity contribution in [2.75, 3.05) is 18.0 Å². The van der Waals surface area contributed by atoms with Crippen LogP contribution in [0, 0.1) is 0 Å². The molecule has 2 saturated heterocycles. The summed E-state index contributed by atoms with van der Waals surface area (Å²) in [4.78, 5) is 25.7. The number of hydrogen-bond acceptors (Lipinski definition) is 7. The van der Waals surface area contributed by atoms with Crippen LogP contribution in [-0.2, 0) is 7.05 Å². The van der Waals surface area contributed by atoms with Crippen molar-refractivity contribution in [3.8, 4) is 0 Å². The summed E-state index contributed by atoms with van der Waals surface area (Å²) in [6.07, 6.45) is 5.15. The van der Waals surface area contributed by atoms with E-state index in [0.717, 1.165) is 31.7 Å². The normalized spacial score (nSPS) is 22.8.